The van der Waals surface area contributed by atoms with E-state index in [1.165, 1.54) is 0 Å². The molecule has 2 fully saturated rings. The number of ether oxygens (including phenoxy) is 1. The molecule has 0 spiro atoms. The third-order valence-electron chi connectivity index (χ3n) is 3.90. The molecule has 1 amide bonds. The maximum absolute atomic E-state index is 12.5. The molecule has 3 rings (SSSR count). The second-order valence-corrected chi connectivity index (χ2v) is 6.04. The van der Waals surface area contributed by atoms with Gasteiger partial charge < -0.3 is 9.64 Å². The third kappa shape index (κ3) is 2.67. The van der Waals surface area contributed by atoms with Crippen molar-refractivity contribution in [2.75, 3.05) is 13.2 Å². The van der Waals surface area contributed by atoms with Crippen LogP contribution < -0.4 is 0 Å². The zero-order chi connectivity index (χ0) is 13.2. The topological polar surface area (TPSA) is 42.4 Å². The van der Waals surface area contributed by atoms with Crippen molar-refractivity contribution in [2.24, 2.45) is 0 Å². The van der Waals surface area contributed by atoms with E-state index in [0.29, 0.717) is 5.69 Å². The maximum Gasteiger partial charge on any atom is 0.272 e. The normalized spacial score (nSPS) is 26.9. The highest BCUT2D eigenvalue weighted by Gasteiger charge is 2.37. The van der Waals surface area contributed by atoms with Gasteiger partial charge in [0.05, 0.1) is 12.1 Å². The molecular weight excluding hydrogens is 308 g/mol. The fraction of sp³-hybridized carbons (Fsp3) is 0.571. The summed E-state index contributed by atoms with van der Waals surface area (Å²) in [5.41, 5.74) is 0.521. The molecule has 0 bridgehead atoms. The zero-order valence-corrected chi connectivity index (χ0v) is 12.3. The average Bonchev–Trinajstić information content (AvgIpc) is 3.09. The van der Waals surface area contributed by atoms with E-state index in [0.717, 1.165) is 43.3 Å². The van der Waals surface area contributed by atoms with Crippen LogP contribution in [0.1, 0.15) is 36.2 Å². The fourth-order valence-corrected chi connectivity index (χ4v) is 3.22. The Morgan fingerprint density at radius 1 is 1.37 bits per heavy atom. The first-order valence-corrected chi connectivity index (χ1v) is 7.59. The van der Waals surface area contributed by atoms with Gasteiger partial charge in [-0.05, 0) is 53.7 Å². The molecule has 0 radical (unpaired) electrons. The lowest BCUT2D eigenvalue weighted by Gasteiger charge is -2.28. The van der Waals surface area contributed by atoms with Crippen molar-refractivity contribution >= 4 is 21.8 Å². The van der Waals surface area contributed by atoms with Crippen LogP contribution in [0.4, 0.5) is 0 Å². The SMILES string of the molecule is O=C(c1ccc(Br)cn1)N1CCC[C@@H]1[C@H]1CCCO1. The van der Waals surface area contributed by atoms with Crippen molar-refractivity contribution < 1.29 is 9.53 Å². The molecule has 2 saturated heterocycles. The van der Waals surface area contributed by atoms with Crippen LogP contribution in [0.25, 0.3) is 0 Å². The lowest BCUT2D eigenvalue weighted by molar-refractivity contribution is 0.0337. The molecule has 0 aromatic carbocycles. The third-order valence-corrected chi connectivity index (χ3v) is 4.37. The van der Waals surface area contributed by atoms with Crippen molar-refractivity contribution in [1.82, 2.24) is 9.88 Å². The number of pyridine rings is 1. The second kappa shape index (κ2) is 5.59. The summed E-state index contributed by atoms with van der Waals surface area (Å²) in [7, 11) is 0. The van der Waals surface area contributed by atoms with E-state index in [-0.39, 0.29) is 18.1 Å². The number of amides is 1. The van der Waals surface area contributed by atoms with Crippen molar-refractivity contribution in [1.29, 1.82) is 0 Å². The number of likely N-dealkylation sites (tertiary alicyclic amines) is 1. The Bertz CT molecular complexity index is 457. The molecule has 0 N–H and O–H groups in total. The van der Waals surface area contributed by atoms with Crippen LogP contribution in [0, 0.1) is 0 Å². The monoisotopic (exact) mass is 324 g/mol. The van der Waals surface area contributed by atoms with Crippen LogP contribution in [0.2, 0.25) is 0 Å². The predicted molar refractivity (Wildman–Crippen MR) is 75.0 cm³/mol. The molecule has 0 aliphatic carbocycles. The molecule has 2 aliphatic heterocycles. The molecule has 0 saturated carbocycles. The molecule has 2 aliphatic rings. The van der Waals surface area contributed by atoms with Crippen molar-refractivity contribution in [3.8, 4) is 0 Å². The van der Waals surface area contributed by atoms with Crippen molar-refractivity contribution in [3.63, 3.8) is 0 Å². The first kappa shape index (κ1) is 13.1. The summed E-state index contributed by atoms with van der Waals surface area (Å²) in [4.78, 5) is 18.7. The van der Waals surface area contributed by atoms with Gasteiger partial charge in [-0.2, -0.15) is 0 Å². The summed E-state index contributed by atoms with van der Waals surface area (Å²) in [5, 5.41) is 0. The minimum absolute atomic E-state index is 0.0329. The molecule has 19 heavy (non-hydrogen) atoms. The maximum atomic E-state index is 12.5. The van der Waals surface area contributed by atoms with Gasteiger partial charge in [-0.1, -0.05) is 0 Å². The molecule has 1 aromatic rings. The van der Waals surface area contributed by atoms with Gasteiger partial charge in [0.1, 0.15) is 5.69 Å². The summed E-state index contributed by atoms with van der Waals surface area (Å²) in [6.45, 7) is 1.65. The largest absolute Gasteiger partial charge is 0.376 e. The fourth-order valence-electron chi connectivity index (χ4n) is 2.99. The van der Waals surface area contributed by atoms with Crippen molar-refractivity contribution in [2.45, 2.75) is 37.8 Å². The van der Waals surface area contributed by atoms with Gasteiger partial charge in [-0.15, -0.1) is 0 Å². The van der Waals surface area contributed by atoms with Crippen molar-refractivity contribution in [3.05, 3.63) is 28.5 Å². The lowest BCUT2D eigenvalue weighted by atomic mass is 10.1. The zero-order valence-electron chi connectivity index (χ0n) is 10.7. The molecule has 102 valence electrons. The molecular formula is C14H17BrN2O2. The molecule has 4 nitrogen and oxygen atoms in total. The average molecular weight is 325 g/mol. The van der Waals surface area contributed by atoms with Crippen LogP contribution >= 0.6 is 15.9 Å². The van der Waals surface area contributed by atoms with E-state index in [9.17, 15) is 4.79 Å². The second-order valence-electron chi connectivity index (χ2n) is 5.12. The van der Waals surface area contributed by atoms with Gasteiger partial charge in [-0.25, -0.2) is 4.98 Å². The van der Waals surface area contributed by atoms with Gasteiger partial charge in [0.25, 0.3) is 5.91 Å². The van der Waals surface area contributed by atoms with E-state index in [1.54, 1.807) is 12.3 Å². The summed E-state index contributed by atoms with van der Waals surface area (Å²) in [6, 6.07) is 3.87. The summed E-state index contributed by atoms with van der Waals surface area (Å²) in [6.07, 6.45) is 6.19. The summed E-state index contributed by atoms with van der Waals surface area (Å²) in [5.74, 6) is 0.0329. The van der Waals surface area contributed by atoms with E-state index in [4.69, 9.17) is 4.74 Å². The Kier molecular flexibility index (Phi) is 3.84. The Balaban J connectivity index is 1.76. The number of hydrogen-bond donors (Lipinski definition) is 0. The van der Waals surface area contributed by atoms with E-state index in [2.05, 4.69) is 20.9 Å². The predicted octanol–water partition coefficient (Wildman–Crippen LogP) is 2.63. The first-order chi connectivity index (χ1) is 9.25. The number of nitrogens with zero attached hydrogens (tertiary/aromatic N) is 2. The van der Waals surface area contributed by atoms with Gasteiger partial charge in [-0.3, -0.25) is 4.79 Å². The van der Waals surface area contributed by atoms with Crippen LogP contribution in [0.5, 0.6) is 0 Å². The van der Waals surface area contributed by atoms with Gasteiger partial charge >= 0.3 is 0 Å². The van der Waals surface area contributed by atoms with Gasteiger partial charge in [0, 0.05) is 23.8 Å². The number of halogens is 1. The standard InChI is InChI=1S/C14H17BrN2O2/c15-10-5-6-11(16-9-10)14(18)17-7-1-3-12(17)13-4-2-8-19-13/h5-6,9,12-13H,1-4,7-8H2/t12-,13-/m1/s1. The number of aromatic nitrogens is 1. The van der Waals surface area contributed by atoms with Crippen LogP contribution in [-0.2, 0) is 4.74 Å². The summed E-state index contributed by atoms with van der Waals surface area (Å²) < 4.78 is 6.64. The minimum Gasteiger partial charge on any atom is -0.376 e. The molecule has 1 aromatic heterocycles. The highest BCUT2D eigenvalue weighted by molar-refractivity contribution is 9.10. The van der Waals surface area contributed by atoms with E-state index >= 15 is 0 Å². The number of hydrogen-bond acceptors (Lipinski definition) is 3. The Labute approximate surface area is 121 Å². The van der Waals surface area contributed by atoms with E-state index in [1.807, 2.05) is 11.0 Å². The minimum atomic E-state index is 0.0329. The van der Waals surface area contributed by atoms with Crippen LogP contribution in [0.15, 0.2) is 22.8 Å². The smallest absolute Gasteiger partial charge is 0.272 e. The Morgan fingerprint density at radius 3 is 2.95 bits per heavy atom. The van der Waals surface area contributed by atoms with Gasteiger partial charge in [0.2, 0.25) is 0 Å². The Hall–Kier alpha value is -0.940. The lowest BCUT2D eigenvalue weighted by Crippen LogP contribution is -2.42. The highest BCUT2D eigenvalue weighted by atomic mass is 79.9. The molecule has 3 heterocycles. The molecule has 0 unspecified atom stereocenters. The first-order valence-electron chi connectivity index (χ1n) is 6.80. The highest BCUT2D eigenvalue weighted by Crippen LogP contribution is 2.28. The van der Waals surface area contributed by atoms with Crippen LogP contribution in [-0.4, -0.2) is 41.1 Å². The molecule has 2 atom stereocenters. The van der Waals surface area contributed by atoms with Gasteiger partial charge in [0.15, 0.2) is 0 Å². The Morgan fingerprint density at radius 2 is 2.26 bits per heavy atom. The van der Waals surface area contributed by atoms with E-state index < -0.39 is 0 Å². The number of carbonyl (C=O) groups is 1. The number of carbonyl (C=O) groups excluding carboxylic acids is 1. The quantitative estimate of drug-likeness (QED) is 0.839. The van der Waals surface area contributed by atoms with Crippen LogP contribution in [0.3, 0.4) is 0 Å². The number of rotatable bonds is 2. The summed E-state index contributed by atoms with van der Waals surface area (Å²) >= 11 is 3.34. The molecule has 5 heteroatoms.